The van der Waals surface area contributed by atoms with Crippen molar-refractivity contribution in [2.24, 2.45) is 0 Å². The van der Waals surface area contributed by atoms with Gasteiger partial charge in [-0.2, -0.15) is 0 Å². The van der Waals surface area contributed by atoms with Crippen LogP contribution in [0.4, 0.5) is 0 Å². The van der Waals surface area contributed by atoms with Gasteiger partial charge in [-0.1, -0.05) is 23.7 Å². The van der Waals surface area contributed by atoms with Crippen LogP contribution in [-0.2, 0) is 0 Å². The van der Waals surface area contributed by atoms with Gasteiger partial charge in [0.1, 0.15) is 5.75 Å². The van der Waals surface area contributed by atoms with Crippen LogP contribution >= 0.6 is 11.6 Å². The fourth-order valence-corrected chi connectivity index (χ4v) is 1.62. The molecule has 0 atom stereocenters. The van der Waals surface area contributed by atoms with Crippen LogP contribution in [0.3, 0.4) is 0 Å². The second-order valence-corrected chi connectivity index (χ2v) is 3.42. The first-order valence-electron chi connectivity index (χ1n) is 4.09. The Bertz CT molecular complexity index is 506. The molecule has 0 aliphatic heterocycles. The molecule has 0 heterocycles. The van der Waals surface area contributed by atoms with Gasteiger partial charge in [0.25, 0.3) is 0 Å². The molecule has 2 rings (SSSR count). The number of hydrogen-bond acceptors (Lipinski definition) is 2. The average Bonchev–Trinajstić information content (AvgIpc) is 2.18. The van der Waals surface area contributed by atoms with Gasteiger partial charge in [0.15, 0.2) is 6.29 Å². The second-order valence-electron chi connectivity index (χ2n) is 2.98. The molecule has 0 aliphatic rings. The fraction of sp³-hybridized carbons (Fsp3) is 0. The van der Waals surface area contributed by atoms with Crippen LogP contribution < -0.4 is 0 Å². The number of phenolic OH excluding ortho intramolecular Hbond substituents is 1. The minimum absolute atomic E-state index is 0.00479. The molecule has 14 heavy (non-hydrogen) atoms. The molecule has 70 valence electrons. The molecule has 0 spiro atoms. The summed E-state index contributed by atoms with van der Waals surface area (Å²) in [5.41, 5.74) is 0.305. The van der Waals surface area contributed by atoms with E-state index in [1.807, 2.05) is 0 Å². The van der Waals surface area contributed by atoms with E-state index in [0.29, 0.717) is 22.3 Å². The Labute approximate surface area is 85.7 Å². The second kappa shape index (κ2) is 3.31. The van der Waals surface area contributed by atoms with Crippen molar-refractivity contribution < 1.29 is 9.90 Å². The minimum Gasteiger partial charge on any atom is -0.507 e. The quantitative estimate of drug-likeness (QED) is 0.729. The van der Waals surface area contributed by atoms with E-state index in [0.717, 1.165) is 5.39 Å². The molecular weight excluding hydrogens is 200 g/mol. The van der Waals surface area contributed by atoms with E-state index in [-0.39, 0.29) is 5.75 Å². The monoisotopic (exact) mass is 206 g/mol. The lowest BCUT2D eigenvalue weighted by Gasteiger charge is -2.03. The molecule has 0 aliphatic carbocycles. The van der Waals surface area contributed by atoms with Crippen LogP contribution in [-0.4, -0.2) is 11.4 Å². The number of aromatic hydroxyl groups is 1. The summed E-state index contributed by atoms with van der Waals surface area (Å²) in [5.74, 6) is -0.00479. The van der Waals surface area contributed by atoms with Crippen molar-refractivity contribution in [2.75, 3.05) is 0 Å². The molecule has 0 amide bonds. The Morgan fingerprint density at radius 3 is 2.71 bits per heavy atom. The van der Waals surface area contributed by atoms with Crippen molar-refractivity contribution in [1.29, 1.82) is 0 Å². The van der Waals surface area contributed by atoms with E-state index in [9.17, 15) is 9.90 Å². The predicted molar refractivity (Wildman–Crippen MR) is 56.0 cm³/mol. The predicted octanol–water partition coefficient (Wildman–Crippen LogP) is 3.01. The van der Waals surface area contributed by atoms with Crippen molar-refractivity contribution in [3.05, 3.63) is 40.9 Å². The van der Waals surface area contributed by atoms with Crippen LogP contribution in [0.5, 0.6) is 5.75 Å². The summed E-state index contributed by atoms with van der Waals surface area (Å²) in [5, 5.41) is 11.6. The SMILES string of the molecule is O=Cc1c(O)ccc2cc(Cl)ccc12. The maximum absolute atomic E-state index is 10.7. The van der Waals surface area contributed by atoms with Crippen LogP contribution in [0.25, 0.3) is 10.8 Å². The molecule has 0 saturated carbocycles. The number of carbonyl (C=O) groups is 1. The Hall–Kier alpha value is -1.54. The zero-order valence-electron chi connectivity index (χ0n) is 7.20. The fourth-order valence-electron chi connectivity index (χ4n) is 1.44. The number of carbonyl (C=O) groups excluding carboxylic acids is 1. The smallest absolute Gasteiger partial charge is 0.154 e. The van der Waals surface area contributed by atoms with Gasteiger partial charge in [-0.3, -0.25) is 4.79 Å². The van der Waals surface area contributed by atoms with E-state index in [4.69, 9.17) is 11.6 Å². The number of halogens is 1. The molecule has 0 fully saturated rings. The Morgan fingerprint density at radius 2 is 2.00 bits per heavy atom. The summed E-state index contributed by atoms with van der Waals surface area (Å²) < 4.78 is 0. The van der Waals surface area contributed by atoms with Gasteiger partial charge in [0.2, 0.25) is 0 Å². The Kier molecular flexibility index (Phi) is 2.14. The first-order chi connectivity index (χ1) is 6.72. The Morgan fingerprint density at radius 1 is 1.21 bits per heavy atom. The summed E-state index contributed by atoms with van der Waals surface area (Å²) >= 11 is 5.80. The molecule has 2 aromatic rings. The topological polar surface area (TPSA) is 37.3 Å². The highest BCUT2D eigenvalue weighted by Crippen LogP contribution is 2.27. The maximum atomic E-state index is 10.7. The molecule has 0 saturated heterocycles. The van der Waals surface area contributed by atoms with E-state index < -0.39 is 0 Å². The minimum atomic E-state index is -0.00479. The number of rotatable bonds is 1. The molecule has 0 radical (unpaired) electrons. The number of benzene rings is 2. The normalized spacial score (nSPS) is 10.4. The molecular formula is C11H7ClO2. The number of phenols is 1. The summed E-state index contributed by atoms with van der Waals surface area (Å²) in [7, 11) is 0. The Balaban J connectivity index is 2.88. The molecule has 1 N–H and O–H groups in total. The third-order valence-corrected chi connectivity index (χ3v) is 2.35. The van der Waals surface area contributed by atoms with Crippen LogP contribution in [0.2, 0.25) is 5.02 Å². The van der Waals surface area contributed by atoms with Crippen molar-refractivity contribution >= 4 is 28.7 Å². The average molecular weight is 207 g/mol. The van der Waals surface area contributed by atoms with Crippen molar-refractivity contribution in [1.82, 2.24) is 0 Å². The summed E-state index contributed by atoms with van der Waals surface area (Å²) in [6.45, 7) is 0. The van der Waals surface area contributed by atoms with Gasteiger partial charge in [-0.05, 0) is 29.0 Å². The molecule has 2 nitrogen and oxygen atoms in total. The van der Waals surface area contributed by atoms with Gasteiger partial charge in [-0.15, -0.1) is 0 Å². The van der Waals surface area contributed by atoms with E-state index in [2.05, 4.69) is 0 Å². The lowest BCUT2D eigenvalue weighted by molar-refractivity contribution is 0.112. The standard InChI is InChI=1S/C11H7ClO2/c12-8-2-3-9-7(5-8)1-4-11(14)10(9)6-13/h1-6,14H. The van der Waals surface area contributed by atoms with E-state index in [1.54, 1.807) is 24.3 Å². The first kappa shape index (κ1) is 9.03. The lowest BCUT2D eigenvalue weighted by Crippen LogP contribution is -1.84. The van der Waals surface area contributed by atoms with Crippen molar-refractivity contribution in [3.8, 4) is 5.75 Å². The highest BCUT2D eigenvalue weighted by molar-refractivity contribution is 6.31. The van der Waals surface area contributed by atoms with Crippen molar-refractivity contribution in [2.45, 2.75) is 0 Å². The summed E-state index contributed by atoms with van der Waals surface area (Å²) in [6, 6.07) is 8.38. The zero-order chi connectivity index (χ0) is 10.1. The lowest BCUT2D eigenvalue weighted by atomic mass is 10.0. The highest BCUT2D eigenvalue weighted by Gasteiger charge is 2.05. The summed E-state index contributed by atoms with van der Waals surface area (Å²) in [4.78, 5) is 10.7. The molecule has 3 heteroatoms. The van der Waals surface area contributed by atoms with Gasteiger partial charge >= 0.3 is 0 Å². The van der Waals surface area contributed by atoms with E-state index in [1.165, 1.54) is 6.07 Å². The molecule has 0 aromatic heterocycles. The number of aldehydes is 1. The van der Waals surface area contributed by atoms with Crippen LogP contribution in [0, 0.1) is 0 Å². The van der Waals surface area contributed by atoms with Gasteiger partial charge in [0.05, 0.1) is 5.56 Å². The van der Waals surface area contributed by atoms with E-state index >= 15 is 0 Å². The molecule has 0 bridgehead atoms. The highest BCUT2D eigenvalue weighted by atomic mass is 35.5. The van der Waals surface area contributed by atoms with Crippen molar-refractivity contribution in [3.63, 3.8) is 0 Å². The maximum Gasteiger partial charge on any atom is 0.154 e. The summed E-state index contributed by atoms with van der Waals surface area (Å²) in [6.07, 6.45) is 0.644. The largest absolute Gasteiger partial charge is 0.507 e. The van der Waals surface area contributed by atoms with Crippen LogP contribution in [0.15, 0.2) is 30.3 Å². The third kappa shape index (κ3) is 1.34. The number of hydrogen-bond donors (Lipinski definition) is 1. The molecule has 2 aromatic carbocycles. The molecule has 0 unspecified atom stereocenters. The van der Waals surface area contributed by atoms with Gasteiger partial charge in [0, 0.05) is 5.02 Å². The first-order valence-corrected chi connectivity index (χ1v) is 4.46. The number of fused-ring (bicyclic) bond motifs is 1. The van der Waals surface area contributed by atoms with Crippen LogP contribution in [0.1, 0.15) is 10.4 Å². The zero-order valence-corrected chi connectivity index (χ0v) is 7.95. The third-order valence-electron chi connectivity index (χ3n) is 2.12. The van der Waals surface area contributed by atoms with Gasteiger partial charge < -0.3 is 5.11 Å². The van der Waals surface area contributed by atoms with Gasteiger partial charge in [-0.25, -0.2) is 0 Å².